The molecule has 13 heavy (non-hydrogen) atoms. The second-order valence-corrected chi connectivity index (χ2v) is 2.47. The molecule has 0 amide bonds. The first-order chi connectivity index (χ1) is 5.90. The van der Waals surface area contributed by atoms with Gasteiger partial charge in [0.2, 0.25) is 0 Å². The molecule has 60 valence electrons. The van der Waals surface area contributed by atoms with Crippen molar-refractivity contribution in [3.8, 4) is 5.75 Å². The number of fused-ring (bicyclic) bond motifs is 1. The van der Waals surface area contributed by atoms with Gasteiger partial charge in [0.25, 0.3) is 0 Å². The Hall–Kier alpha value is -0.973. The predicted octanol–water partition coefficient (Wildman–Crippen LogP) is -0.952. The molecule has 1 aromatic carbocycles. The molecule has 0 radical (unpaired) electrons. The predicted molar refractivity (Wildman–Crippen MR) is 47.1 cm³/mol. The minimum Gasteiger partial charge on any atom is -0.498 e. The summed E-state index contributed by atoms with van der Waals surface area (Å²) < 4.78 is 5.07. The van der Waals surface area contributed by atoms with Crippen LogP contribution in [0.25, 0.3) is 10.9 Å². The summed E-state index contributed by atoms with van der Waals surface area (Å²) in [5, 5.41) is 1.01. The molecule has 0 fully saturated rings. The maximum absolute atomic E-state index is 5.07. The first-order valence-corrected chi connectivity index (χ1v) is 3.70. The maximum Gasteiger partial charge on any atom is 1.00 e. The fourth-order valence-electron chi connectivity index (χ4n) is 1.11. The summed E-state index contributed by atoms with van der Waals surface area (Å²) in [5.74, 6) is 0.828. The fraction of sp³-hybridized carbons (Fsp3) is 0.100. The normalized spacial score (nSPS) is 9.31. The van der Waals surface area contributed by atoms with Gasteiger partial charge in [0, 0.05) is 0 Å². The van der Waals surface area contributed by atoms with Crippen LogP contribution in [0.2, 0.25) is 0 Å². The van der Waals surface area contributed by atoms with Crippen LogP contribution >= 0.6 is 0 Å². The van der Waals surface area contributed by atoms with E-state index in [1.165, 1.54) is 0 Å². The van der Waals surface area contributed by atoms with Gasteiger partial charge in [-0.2, -0.15) is 0 Å². The number of pyridine rings is 1. The third kappa shape index (κ3) is 2.03. The van der Waals surface area contributed by atoms with Gasteiger partial charge < -0.3 is 9.72 Å². The van der Waals surface area contributed by atoms with E-state index in [4.69, 9.17) is 4.74 Å². The maximum atomic E-state index is 5.07. The van der Waals surface area contributed by atoms with Crippen LogP contribution in [0.1, 0.15) is 0 Å². The molecule has 1 heterocycles. The number of hydrogen-bond acceptors (Lipinski definition) is 2. The van der Waals surface area contributed by atoms with E-state index in [1.807, 2.05) is 18.2 Å². The van der Waals surface area contributed by atoms with Crippen molar-refractivity contribution in [2.75, 3.05) is 7.11 Å². The van der Waals surface area contributed by atoms with E-state index in [2.05, 4.69) is 11.1 Å². The van der Waals surface area contributed by atoms with Crippen molar-refractivity contribution in [1.82, 2.24) is 4.98 Å². The molecule has 2 rings (SSSR count). The monoisotopic (exact) mass is 165 g/mol. The molecule has 0 atom stereocenters. The molecule has 0 aliphatic carbocycles. The van der Waals surface area contributed by atoms with E-state index in [1.54, 1.807) is 19.4 Å². The summed E-state index contributed by atoms with van der Waals surface area (Å²) in [6, 6.07) is 10.6. The van der Waals surface area contributed by atoms with Crippen LogP contribution in [-0.4, -0.2) is 12.1 Å². The molecule has 0 spiro atoms. The van der Waals surface area contributed by atoms with Gasteiger partial charge in [-0.1, -0.05) is 12.3 Å². The number of nitrogens with zero attached hydrogens (tertiary/aromatic N) is 1. The molecule has 0 unspecified atom stereocenters. The molecule has 2 aromatic rings. The van der Waals surface area contributed by atoms with E-state index in [0.717, 1.165) is 16.7 Å². The third-order valence-corrected chi connectivity index (χ3v) is 1.73. The summed E-state index contributed by atoms with van der Waals surface area (Å²) in [6.45, 7) is 0. The Balaban J connectivity index is 0.000000845. The van der Waals surface area contributed by atoms with Crippen molar-refractivity contribution in [3.05, 3.63) is 36.5 Å². The molecule has 0 aliphatic rings. The van der Waals surface area contributed by atoms with Crippen LogP contribution in [-0.2, 0) is 0 Å². The summed E-state index contributed by atoms with van der Waals surface area (Å²) in [4.78, 5) is 4.18. The molecule has 1 aromatic heterocycles. The molecule has 0 N–H and O–H groups in total. The number of rotatable bonds is 1. The number of methoxy groups -OCH3 is 1. The quantitative estimate of drug-likeness (QED) is 0.401. The number of benzene rings is 1. The van der Waals surface area contributed by atoms with Crippen LogP contribution in [0, 0.1) is 6.07 Å². The van der Waals surface area contributed by atoms with Crippen molar-refractivity contribution in [2.45, 2.75) is 0 Å². The third-order valence-electron chi connectivity index (χ3n) is 1.73. The Bertz CT molecular complexity index is 403. The van der Waals surface area contributed by atoms with Crippen LogP contribution < -0.4 is 23.6 Å². The molecule has 0 bridgehead atoms. The van der Waals surface area contributed by atoms with Crippen LogP contribution in [0.5, 0.6) is 5.75 Å². The Morgan fingerprint density at radius 1 is 1.38 bits per heavy atom. The van der Waals surface area contributed by atoms with Crippen molar-refractivity contribution in [1.29, 1.82) is 0 Å². The zero-order valence-corrected chi connectivity index (χ0v) is 7.74. The topological polar surface area (TPSA) is 22.1 Å². The Morgan fingerprint density at radius 3 is 3.00 bits per heavy atom. The average molecular weight is 165 g/mol. The SMILES string of the molecule is COc1ccc2[c-]ccnc2c1.[Li+]. The van der Waals surface area contributed by atoms with Crippen molar-refractivity contribution in [3.63, 3.8) is 0 Å². The fourth-order valence-corrected chi connectivity index (χ4v) is 1.11. The Labute approximate surface area is 89.1 Å². The summed E-state index contributed by atoms with van der Waals surface area (Å²) in [6.07, 6.45) is 1.72. The van der Waals surface area contributed by atoms with Crippen LogP contribution in [0.15, 0.2) is 30.5 Å². The van der Waals surface area contributed by atoms with Gasteiger partial charge in [0.15, 0.2) is 0 Å². The van der Waals surface area contributed by atoms with Gasteiger partial charge in [-0.15, -0.1) is 23.6 Å². The van der Waals surface area contributed by atoms with Gasteiger partial charge in [-0.3, -0.25) is 0 Å². The van der Waals surface area contributed by atoms with E-state index >= 15 is 0 Å². The molecule has 0 saturated carbocycles. The minimum atomic E-state index is 0. The summed E-state index contributed by atoms with van der Waals surface area (Å²) in [5.41, 5.74) is 0.914. The van der Waals surface area contributed by atoms with Gasteiger partial charge in [-0.05, 0) is 11.6 Å². The minimum absolute atomic E-state index is 0. The standard InChI is InChI=1S/C10H8NO.Li/c1-12-9-5-4-8-3-2-6-11-10(8)7-9;/h2,4-7H,1H3;/q-1;+1. The number of ether oxygens (including phenoxy) is 1. The Kier molecular flexibility index (Phi) is 3.36. The second kappa shape index (κ2) is 4.32. The zero-order chi connectivity index (χ0) is 8.39. The molecule has 3 heteroatoms. The van der Waals surface area contributed by atoms with Crippen molar-refractivity contribution in [2.24, 2.45) is 0 Å². The van der Waals surface area contributed by atoms with E-state index in [-0.39, 0.29) is 18.9 Å². The summed E-state index contributed by atoms with van der Waals surface area (Å²) >= 11 is 0. The smallest absolute Gasteiger partial charge is 0.498 e. The van der Waals surface area contributed by atoms with Gasteiger partial charge in [-0.25, -0.2) is 0 Å². The van der Waals surface area contributed by atoms with E-state index in [9.17, 15) is 0 Å². The molecule has 2 nitrogen and oxygen atoms in total. The van der Waals surface area contributed by atoms with Gasteiger partial charge >= 0.3 is 18.9 Å². The Morgan fingerprint density at radius 2 is 2.23 bits per heavy atom. The first kappa shape index (κ1) is 10.1. The zero-order valence-electron chi connectivity index (χ0n) is 7.74. The average Bonchev–Trinajstić information content (AvgIpc) is 2.17. The molecule has 0 aliphatic heterocycles. The van der Waals surface area contributed by atoms with Crippen LogP contribution in [0.4, 0.5) is 0 Å². The second-order valence-electron chi connectivity index (χ2n) is 2.47. The number of aromatic nitrogens is 1. The van der Waals surface area contributed by atoms with Crippen molar-refractivity contribution < 1.29 is 23.6 Å². The summed E-state index contributed by atoms with van der Waals surface area (Å²) in [7, 11) is 1.65. The van der Waals surface area contributed by atoms with E-state index in [0.29, 0.717) is 0 Å². The number of hydrogen-bond donors (Lipinski definition) is 0. The largest absolute Gasteiger partial charge is 1.00 e. The van der Waals surface area contributed by atoms with Crippen molar-refractivity contribution >= 4 is 10.9 Å². The van der Waals surface area contributed by atoms with Crippen LogP contribution in [0.3, 0.4) is 0 Å². The van der Waals surface area contributed by atoms with Gasteiger partial charge in [0.1, 0.15) is 5.75 Å². The molecular weight excluding hydrogens is 157 g/mol. The van der Waals surface area contributed by atoms with E-state index < -0.39 is 0 Å². The molecular formula is C10H8LiNO. The van der Waals surface area contributed by atoms with Gasteiger partial charge in [0.05, 0.1) is 7.11 Å². The molecule has 0 saturated heterocycles. The first-order valence-electron chi connectivity index (χ1n) is 3.70.